The third-order valence-corrected chi connectivity index (χ3v) is 3.55. The predicted molar refractivity (Wildman–Crippen MR) is 76.4 cm³/mol. The van der Waals surface area contributed by atoms with Crippen molar-refractivity contribution < 1.29 is 15.0 Å². The maximum Gasteiger partial charge on any atom is 0.252 e. The minimum Gasteiger partial charge on any atom is -0.394 e. The minimum absolute atomic E-state index is 0.311. The molecule has 0 saturated carbocycles. The van der Waals surface area contributed by atoms with E-state index in [-0.39, 0.29) is 19.1 Å². The third kappa shape index (κ3) is 2.64. The second-order valence-corrected chi connectivity index (χ2v) is 4.78. The first-order valence-electron chi connectivity index (χ1n) is 6.54. The van der Waals surface area contributed by atoms with Crippen molar-refractivity contribution in [3.63, 3.8) is 0 Å². The summed E-state index contributed by atoms with van der Waals surface area (Å²) in [6, 6.07) is 8.88. The van der Waals surface area contributed by atoms with Gasteiger partial charge in [-0.25, -0.2) is 0 Å². The molecule has 0 aliphatic heterocycles. The molecule has 0 fully saturated rings. The Balaban J connectivity index is 2.37. The largest absolute Gasteiger partial charge is 0.394 e. The van der Waals surface area contributed by atoms with Crippen LogP contribution in [-0.2, 0) is 0 Å². The number of rotatable bonds is 5. The molecule has 0 atom stereocenters. The quantitative estimate of drug-likeness (QED) is 0.762. The van der Waals surface area contributed by atoms with Crippen molar-refractivity contribution in [1.29, 1.82) is 0 Å². The lowest BCUT2D eigenvalue weighted by atomic mass is 9.97. The molecule has 1 amide bonds. The van der Waals surface area contributed by atoms with Crippen molar-refractivity contribution in [2.24, 2.45) is 0 Å². The summed E-state index contributed by atoms with van der Waals surface area (Å²) in [6.07, 6.45) is 2.11. The molecule has 0 aliphatic carbocycles. The van der Waals surface area contributed by atoms with Gasteiger partial charge in [0.25, 0.3) is 5.91 Å². The SMILES string of the molecule is CCC(CO)(CO)NC(=O)c1cccc2ncccc12. The van der Waals surface area contributed by atoms with E-state index >= 15 is 0 Å². The van der Waals surface area contributed by atoms with Gasteiger partial charge in [0.2, 0.25) is 0 Å². The number of carbonyl (C=O) groups excluding carboxylic acids is 1. The Labute approximate surface area is 117 Å². The summed E-state index contributed by atoms with van der Waals surface area (Å²) in [5.74, 6) is -0.325. The lowest BCUT2D eigenvalue weighted by molar-refractivity contribution is 0.0654. The third-order valence-electron chi connectivity index (χ3n) is 3.55. The number of amides is 1. The van der Waals surface area contributed by atoms with Crippen LogP contribution in [-0.4, -0.2) is 39.9 Å². The molecule has 2 aromatic rings. The molecule has 3 N–H and O–H groups in total. The maximum atomic E-state index is 12.4. The minimum atomic E-state index is -0.999. The summed E-state index contributed by atoms with van der Waals surface area (Å²) in [5, 5.41) is 22.3. The fraction of sp³-hybridized carbons (Fsp3) is 0.333. The van der Waals surface area contributed by atoms with Crippen LogP contribution >= 0.6 is 0 Å². The van der Waals surface area contributed by atoms with Crippen LogP contribution in [0.1, 0.15) is 23.7 Å². The Hall–Kier alpha value is -1.98. The number of benzene rings is 1. The van der Waals surface area contributed by atoms with Gasteiger partial charge >= 0.3 is 0 Å². The lowest BCUT2D eigenvalue weighted by Gasteiger charge is -2.29. The molecule has 2 rings (SSSR count). The molecule has 0 aliphatic rings. The van der Waals surface area contributed by atoms with E-state index in [4.69, 9.17) is 0 Å². The van der Waals surface area contributed by atoms with Crippen molar-refractivity contribution in [3.05, 3.63) is 42.1 Å². The molecule has 0 spiro atoms. The summed E-state index contributed by atoms with van der Waals surface area (Å²) in [7, 11) is 0. The number of fused-ring (bicyclic) bond motifs is 1. The maximum absolute atomic E-state index is 12.4. The highest BCUT2D eigenvalue weighted by molar-refractivity contribution is 6.06. The zero-order valence-electron chi connectivity index (χ0n) is 11.3. The molecular weight excluding hydrogens is 256 g/mol. The van der Waals surface area contributed by atoms with Crippen molar-refractivity contribution in [2.45, 2.75) is 18.9 Å². The number of aliphatic hydroxyl groups is 2. The van der Waals surface area contributed by atoms with E-state index < -0.39 is 5.54 Å². The summed E-state index contributed by atoms with van der Waals surface area (Å²) >= 11 is 0. The van der Waals surface area contributed by atoms with E-state index in [1.165, 1.54) is 0 Å². The molecule has 0 unspecified atom stereocenters. The number of nitrogens with one attached hydrogen (secondary N) is 1. The second kappa shape index (κ2) is 5.98. The van der Waals surface area contributed by atoms with Crippen molar-refractivity contribution >= 4 is 16.8 Å². The molecule has 20 heavy (non-hydrogen) atoms. The first kappa shape index (κ1) is 14.4. The molecular formula is C15H18N2O3. The summed E-state index contributed by atoms with van der Waals surface area (Å²) in [5.41, 5.74) is 0.215. The number of aliphatic hydroxyl groups excluding tert-OH is 2. The van der Waals surface area contributed by atoms with E-state index in [2.05, 4.69) is 10.3 Å². The molecule has 5 nitrogen and oxygen atoms in total. The molecule has 1 heterocycles. The molecule has 106 valence electrons. The summed E-state index contributed by atoms with van der Waals surface area (Å²) < 4.78 is 0. The Morgan fingerprint density at radius 2 is 2.00 bits per heavy atom. The van der Waals surface area contributed by atoms with Gasteiger partial charge in [-0.2, -0.15) is 0 Å². The van der Waals surface area contributed by atoms with Crippen LogP contribution in [0.25, 0.3) is 10.9 Å². The fourth-order valence-electron chi connectivity index (χ4n) is 2.05. The van der Waals surface area contributed by atoms with Gasteiger partial charge in [-0.15, -0.1) is 0 Å². The first-order valence-corrected chi connectivity index (χ1v) is 6.54. The van der Waals surface area contributed by atoms with Gasteiger partial charge in [0.1, 0.15) is 0 Å². The van der Waals surface area contributed by atoms with Crippen LogP contribution in [0.4, 0.5) is 0 Å². The molecule has 0 radical (unpaired) electrons. The van der Waals surface area contributed by atoms with Crippen LogP contribution in [0, 0.1) is 0 Å². The van der Waals surface area contributed by atoms with Crippen molar-refractivity contribution in [2.75, 3.05) is 13.2 Å². The number of hydrogen-bond donors (Lipinski definition) is 3. The zero-order chi connectivity index (χ0) is 14.6. The molecule has 1 aromatic carbocycles. The van der Waals surface area contributed by atoms with Crippen LogP contribution < -0.4 is 5.32 Å². The average molecular weight is 274 g/mol. The zero-order valence-corrected chi connectivity index (χ0v) is 11.3. The van der Waals surface area contributed by atoms with Crippen LogP contribution in [0.15, 0.2) is 36.5 Å². The first-order chi connectivity index (χ1) is 9.65. The van der Waals surface area contributed by atoms with Gasteiger partial charge in [0.15, 0.2) is 0 Å². The Morgan fingerprint density at radius 3 is 2.65 bits per heavy atom. The highest BCUT2D eigenvalue weighted by Crippen LogP contribution is 2.18. The standard InChI is InChI=1S/C15H18N2O3/c1-2-15(9-18,10-19)17-14(20)12-5-3-7-13-11(12)6-4-8-16-13/h3-8,18-19H,2,9-10H2,1H3,(H,17,20). The number of aromatic nitrogens is 1. The van der Waals surface area contributed by atoms with E-state index in [1.807, 2.05) is 12.1 Å². The van der Waals surface area contributed by atoms with E-state index in [0.717, 1.165) is 10.9 Å². The van der Waals surface area contributed by atoms with Gasteiger partial charge in [0.05, 0.1) is 24.3 Å². The van der Waals surface area contributed by atoms with Crippen molar-refractivity contribution in [1.82, 2.24) is 10.3 Å². The van der Waals surface area contributed by atoms with Gasteiger partial charge in [0, 0.05) is 17.1 Å². The van der Waals surface area contributed by atoms with Crippen LogP contribution in [0.3, 0.4) is 0 Å². The number of pyridine rings is 1. The fourth-order valence-corrected chi connectivity index (χ4v) is 2.05. The number of hydrogen-bond acceptors (Lipinski definition) is 4. The van der Waals surface area contributed by atoms with Crippen LogP contribution in [0.2, 0.25) is 0 Å². The average Bonchev–Trinajstić information content (AvgIpc) is 2.52. The predicted octanol–water partition coefficient (Wildman–Crippen LogP) is 1.10. The van der Waals surface area contributed by atoms with Gasteiger partial charge < -0.3 is 15.5 Å². The molecule has 5 heteroatoms. The van der Waals surface area contributed by atoms with Gasteiger partial charge in [-0.05, 0) is 24.6 Å². The second-order valence-electron chi connectivity index (χ2n) is 4.78. The smallest absolute Gasteiger partial charge is 0.252 e. The Bertz CT molecular complexity index is 595. The molecule has 0 saturated heterocycles. The van der Waals surface area contributed by atoms with Crippen molar-refractivity contribution in [3.8, 4) is 0 Å². The topological polar surface area (TPSA) is 82.5 Å². The van der Waals surface area contributed by atoms with E-state index in [0.29, 0.717) is 12.0 Å². The number of carbonyl (C=O) groups is 1. The molecule has 0 bridgehead atoms. The monoisotopic (exact) mass is 274 g/mol. The highest BCUT2D eigenvalue weighted by Gasteiger charge is 2.29. The van der Waals surface area contributed by atoms with E-state index in [9.17, 15) is 15.0 Å². The van der Waals surface area contributed by atoms with E-state index in [1.54, 1.807) is 31.3 Å². The Morgan fingerprint density at radius 1 is 1.25 bits per heavy atom. The highest BCUT2D eigenvalue weighted by atomic mass is 16.3. The Kier molecular flexibility index (Phi) is 4.32. The van der Waals surface area contributed by atoms with Gasteiger partial charge in [-0.1, -0.05) is 19.1 Å². The number of nitrogens with zero attached hydrogens (tertiary/aromatic N) is 1. The lowest BCUT2D eigenvalue weighted by Crippen LogP contribution is -2.53. The van der Waals surface area contributed by atoms with Gasteiger partial charge in [-0.3, -0.25) is 9.78 Å². The summed E-state index contributed by atoms with van der Waals surface area (Å²) in [6.45, 7) is 1.18. The normalized spacial score (nSPS) is 11.6. The molecule has 1 aromatic heterocycles. The van der Waals surface area contributed by atoms with Crippen LogP contribution in [0.5, 0.6) is 0 Å². The summed E-state index contributed by atoms with van der Waals surface area (Å²) in [4.78, 5) is 16.6.